The molecule has 0 unspecified atom stereocenters. The van der Waals surface area contributed by atoms with Gasteiger partial charge in [-0.2, -0.15) is 0 Å². The average molecular weight is 513 g/mol. The van der Waals surface area contributed by atoms with Crippen LogP contribution in [0.25, 0.3) is 0 Å². The summed E-state index contributed by atoms with van der Waals surface area (Å²) >= 11 is 0. The molecule has 1 saturated heterocycles. The van der Waals surface area contributed by atoms with Crippen LogP contribution in [0.2, 0.25) is 0 Å². The van der Waals surface area contributed by atoms with Crippen molar-refractivity contribution in [3.8, 4) is 0 Å². The molecule has 0 bridgehead atoms. The van der Waals surface area contributed by atoms with E-state index in [0.29, 0.717) is 44.3 Å². The van der Waals surface area contributed by atoms with E-state index in [1.165, 1.54) is 0 Å². The van der Waals surface area contributed by atoms with Crippen LogP contribution in [-0.2, 0) is 14.3 Å². The summed E-state index contributed by atoms with van der Waals surface area (Å²) in [5.41, 5.74) is -4.43. The maximum atomic E-state index is 13.5. The Hall–Kier alpha value is -1.47. The molecule has 0 aromatic heterocycles. The molecule has 1 spiro atoms. The second kappa shape index (κ2) is 7.38. The molecule has 37 heavy (non-hydrogen) atoms. The molecule has 3 saturated carbocycles. The number of rotatable bonds is 3. The van der Waals surface area contributed by atoms with E-state index in [2.05, 4.69) is 20.4 Å². The highest BCUT2D eigenvalue weighted by Crippen LogP contribution is 2.76. The van der Waals surface area contributed by atoms with Gasteiger partial charge in [-0.15, -0.1) is 0 Å². The van der Waals surface area contributed by atoms with Crippen LogP contribution in [0.5, 0.6) is 0 Å². The van der Waals surface area contributed by atoms with Crippen molar-refractivity contribution in [3.05, 3.63) is 35.6 Å². The summed E-state index contributed by atoms with van der Waals surface area (Å²) in [6.45, 7) is 15.9. The van der Waals surface area contributed by atoms with E-state index in [9.17, 15) is 20.1 Å². The number of carbonyl (C=O) groups excluding carboxylic acids is 1. The number of aliphatic hydroxyl groups is 3. The first-order valence-corrected chi connectivity index (χ1v) is 14.3. The third-order valence-corrected chi connectivity index (χ3v) is 12.9. The van der Waals surface area contributed by atoms with E-state index < -0.39 is 39.3 Å². The Morgan fingerprint density at radius 3 is 2.54 bits per heavy atom. The predicted octanol–water partition coefficient (Wildman–Crippen LogP) is 4.38. The lowest BCUT2D eigenvalue weighted by molar-refractivity contribution is -0.289. The van der Waals surface area contributed by atoms with Crippen molar-refractivity contribution >= 4 is 5.78 Å². The van der Waals surface area contributed by atoms with Crippen LogP contribution in [-0.4, -0.2) is 55.7 Å². The van der Waals surface area contributed by atoms with Gasteiger partial charge in [-0.3, -0.25) is 4.79 Å². The molecule has 6 rings (SSSR count). The molecule has 3 N–H and O–H groups in total. The fourth-order valence-electron chi connectivity index (χ4n) is 10.4. The van der Waals surface area contributed by atoms with Crippen molar-refractivity contribution in [2.24, 2.45) is 28.6 Å². The molecule has 204 valence electrons. The van der Waals surface area contributed by atoms with E-state index in [-0.39, 0.29) is 36.1 Å². The van der Waals surface area contributed by atoms with Gasteiger partial charge < -0.3 is 24.8 Å². The minimum atomic E-state index is -1.61. The zero-order chi connectivity index (χ0) is 27.0. The van der Waals surface area contributed by atoms with Gasteiger partial charge in [-0.05, 0) is 89.7 Å². The molecular weight excluding hydrogens is 468 g/mol. The topological polar surface area (TPSA) is 99.5 Å². The van der Waals surface area contributed by atoms with Crippen LogP contribution >= 0.6 is 0 Å². The molecule has 4 fully saturated rings. The number of fused-ring (bicyclic) bond motifs is 4. The van der Waals surface area contributed by atoms with Crippen LogP contribution in [0.15, 0.2) is 35.6 Å². The Morgan fingerprint density at radius 1 is 1.19 bits per heavy atom. The molecule has 6 heteroatoms. The third kappa shape index (κ3) is 2.60. The summed E-state index contributed by atoms with van der Waals surface area (Å²) in [7, 11) is 0. The lowest BCUT2D eigenvalue weighted by Gasteiger charge is -2.64. The number of epoxide rings is 1. The maximum absolute atomic E-state index is 13.5. The van der Waals surface area contributed by atoms with E-state index in [0.717, 1.165) is 11.1 Å². The normalized spacial score (nSPS) is 54.0. The predicted molar refractivity (Wildman–Crippen MR) is 139 cm³/mol. The van der Waals surface area contributed by atoms with Gasteiger partial charge in [0.1, 0.15) is 28.7 Å². The van der Waals surface area contributed by atoms with Gasteiger partial charge in [-0.25, -0.2) is 0 Å². The van der Waals surface area contributed by atoms with Crippen LogP contribution in [0, 0.1) is 28.6 Å². The zero-order valence-electron chi connectivity index (χ0n) is 23.3. The Kier molecular flexibility index (Phi) is 5.14. The van der Waals surface area contributed by atoms with E-state index in [4.69, 9.17) is 9.47 Å². The lowest BCUT2D eigenvalue weighted by Crippen LogP contribution is -2.74. The highest BCUT2D eigenvalue weighted by Gasteiger charge is 2.84. The quantitative estimate of drug-likeness (QED) is 0.486. The van der Waals surface area contributed by atoms with Crippen molar-refractivity contribution < 1.29 is 29.6 Å². The Balaban J connectivity index is 1.42. The average Bonchev–Trinajstić information content (AvgIpc) is 3.54. The lowest BCUT2D eigenvalue weighted by atomic mass is 9.41. The molecule has 4 aliphatic carbocycles. The maximum Gasteiger partial charge on any atom is 0.164 e. The van der Waals surface area contributed by atoms with Crippen LogP contribution in [0.4, 0.5) is 0 Å². The molecule has 6 aliphatic rings. The van der Waals surface area contributed by atoms with Crippen molar-refractivity contribution in [1.29, 1.82) is 0 Å². The van der Waals surface area contributed by atoms with E-state index in [1.54, 1.807) is 13.0 Å². The van der Waals surface area contributed by atoms with Gasteiger partial charge in [0.15, 0.2) is 5.78 Å². The Labute approximate surface area is 220 Å². The smallest absolute Gasteiger partial charge is 0.164 e. The van der Waals surface area contributed by atoms with Gasteiger partial charge in [0, 0.05) is 17.8 Å². The summed E-state index contributed by atoms with van der Waals surface area (Å²) in [5.74, 6) is 0.543. The zero-order valence-corrected chi connectivity index (χ0v) is 23.3. The van der Waals surface area contributed by atoms with E-state index in [1.807, 2.05) is 26.8 Å². The van der Waals surface area contributed by atoms with Crippen molar-refractivity contribution in [2.45, 2.75) is 121 Å². The highest BCUT2D eigenvalue weighted by atomic mass is 16.6. The first-order valence-electron chi connectivity index (χ1n) is 14.3. The monoisotopic (exact) mass is 512 g/mol. The third-order valence-electron chi connectivity index (χ3n) is 12.9. The summed E-state index contributed by atoms with van der Waals surface area (Å²) in [6.07, 6.45) is 6.58. The minimum absolute atomic E-state index is 0.0401. The number of ether oxygens (including phenoxy) is 2. The fraction of sp³-hybridized carbons (Fsp3) is 0.774. The SMILES string of the molecule is C=C1O[C@@H]([C@](C)(O)[C@]2(O)CC[C@@]3(O)[C@@H]4C[C@H]5O[C@]56[C@@H](C)C=CC(=O)[C@]6(C)[C@H]4CC[C@]23CC)CC(C)=C1C. The molecule has 0 aromatic carbocycles. The number of carbonyl (C=O) groups is 1. The first kappa shape index (κ1) is 25.8. The standard InChI is InChI=1S/C31H44O6/c1-8-28-12-11-21-22(16-25-31(37-25)18(3)9-10-23(32)26(21,31)6)29(28,34)13-14-30(28,35)27(7,33)24-15-17(2)19(4)20(5)36-24/h9-10,18,21-22,24-25,33-35H,5,8,11-16H2,1-4,6-7H3/t18-,21-,22+,24+,25+,26-,27-,28-,29+,30+,31+/m0/s1. The number of hydrogen-bond acceptors (Lipinski definition) is 6. The minimum Gasteiger partial charge on any atom is -0.487 e. The molecule has 2 heterocycles. The van der Waals surface area contributed by atoms with Gasteiger partial charge in [0.2, 0.25) is 0 Å². The van der Waals surface area contributed by atoms with Gasteiger partial charge in [0.25, 0.3) is 0 Å². The van der Waals surface area contributed by atoms with Crippen LogP contribution in [0.1, 0.15) is 86.5 Å². The molecule has 2 aliphatic heterocycles. The largest absolute Gasteiger partial charge is 0.487 e. The van der Waals surface area contributed by atoms with E-state index >= 15 is 0 Å². The fourth-order valence-corrected chi connectivity index (χ4v) is 10.4. The summed E-state index contributed by atoms with van der Waals surface area (Å²) in [5, 5.41) is 37.6. The second-order valence-electron chi connectivity index (χ2n) is 13.6. The van der Waals surface area contributed by atoms with Crippen LogP contribution in [0.3, 0.4) is 0 Å². The molecule has 0 radical (unpaired) electrons. The molecular formula is C31H44O6. The van der Waals surface area contributed by atoms with Gasteiger partial charge >= 0.3 is 0 Å². The second-order valence-corrected chi connectivity index (χ2v) is 13.6. The summed E-state index contributed by atoms with van der Waals surface area (Å²) in [6, 6.07) is 0. The highest BCUT2D eigenvalue weighted by molar-refractivity contribution is 5.98. The van der Waals surface area contributed by atoms with Crippen LogP contribution < -0.4 is 0 Å². The first-order chi connectivity index (χ1) is 17.2. The molecule has 0 aromatic rings. The Morgan fingerprint density at radius 2 is 1.89 bits per heavy atom. The van der Waals surface area contributed by atoms with Crippen molar-refractivity contribution in [2.75, 3.05) is 0 Å². The Bertz CT molecular complexity index is 1140. The molecule has 11 atom stereocenters. The summed E-state index contributed by atoms with van der Waals surface area (Å²) in [4.78, 5) is 13.5. The number of ketones is 1. The van der Waals surface area contributed by atoms with Crippen molar-refractivity contribution in [3.63, 3.8) is 0 Å². The number of hydrogen-bond donors (Lipinski definition) is 3. The van der Waals surface area contributed by atoms with Gasteiger partial charge in [0.05, 0.1) is 17.1 Å². The molecule has 0 amide bonds. The molecule has 6 nitrogen and oxygen atoms in total. The number of allylic oxidation sites excluding steroid dienone is 2. The van der Waals surface area contributed by atoms with Gasteiger partial charge in [-0.1, -0.05) is 32.1 Å². The van der Waals surface area contributed by atoms with Crippen molar-refractivity contribution in [1.82, 2.24) is 0 Å². The summed E-state index contributed by atoms with van der Waals surface area (Å²) < 4.78 is 12.6.